The molecule has 2 saturated carbocycles. The first-order valence-corrected chi connectivity index (χ1v) is 11.2. The lowest BCUT2D eigenvalue weighted by atomic mass is 9.85. The average Bonchev–Trinajstić information content (AvgIpc) is 3.53. The van der Waals surface area contributed by atoms with Gasteiger partial charge in [0.25, 0.3) is 0 Å². The van der Waals surface area contributed by atoms with Gasteiger partial charge in [0.2, 0.25) is 0 Å². The minimum Gasteiger partial charge on any atom is -0.379 e. The van der Waals surface area contributed by atoms with Crippen molar-refractivity contribution in [2.75, 3.05) is 33.4 Å². The molecule has 0 radical (unpaired) electrons. The Hall–Kier alpha value is -1.59. The standard InChI is InChI=1S/C23H36N4O/c1-24-23(26-22-15-21(22)18-7-3-2-4-8-18)25-16-19-9-5-6-10-20(19)17-27-11-13-28-14-12-27/h5-6,9-10,18,21-22H,2-4,7-8,11-17H2,1H3,(H2,24,25,26). The number of hydrogen-bond acceptors (Lipinski definition) is 3. The Morgan fingerprint density at radius 3 is 2.61 bits per heavy atom. The molecule has 5 heteroatoms. The van der Waals surface area contributed by atoms with Crippen molar-refractivity contribution in [1.82, 2.24) is 15.5 Å². The monoisotopic (exact) mass is 384 g/mol. The molecule has 4 rings (SSSR count). The summed E-state index contributed by atoms with van der Waals surface area (Å²) < 4.78 is 5.48. The largest absolute Gasteiger partial charge is 0.379 e. The Kier molecular flexibility index (Phi) is 6.86. The van der Waals surface area contributed by atoms with Gasteiger partial charge in [-0.1, -0.05) is 56.4 Å². The van der Waals surface area contributed by atoms with E-state index in [9.17, 15) is 0 Å². The van der Waals surface area contributed by atoms with Crippen molar-refractivity contribution in [1.29, 1.82) is 0 Å². The molecule has 1 aliphatic heterocycles. The molecule has 1 aromatic rings. The lowest BCUT2D eigenvalue weighted by molar-refractivity contribution is 0.0341. The van der Waals surface area contributed by atoms with E-state index in [1.807, 2.05) is 7.05 Å². The Morgan fingerprint density at radius 1 is 1.11 bits per heavy atom. The van der Waals surface area contributed by atoms with Crippen molar-refractivity contribution >= 4 is 5.96 Å². The quantitative estimate of drug-likeness (QED) is 0.584. The van der Waals surface area contributed by atoms with Crippen molar-refractivity contribution in [3.05, 3.63) is 35.4 Å². The second kappa shape index (κ2) is 9.75. The Bertz CT molecular complexity index is 650. The predicted molar refractivity (Wildman–Crippen MR) is 114 cm³/mol. The van der Waals surface area contributed by atoms with Crippen molar-refractivity contribution in [2.45, 2.75) is 57.7 Å². The third-order valence-corrected chi connectivity index (χ3v) is 6.70. The van der Waals surface area contributed by atoms with Crippen LogP contribution in [0.4, 0.5) is 0 Å². The number of rotatable bonds is 6. The molecule has 0 spiro atoms. The molecule has 0 amide bonds. The fourth-order valence-corrected chi connectivity index (χ4v) is 4.90. The van der Waals surface area contributed by atoms with Gasteiger partial charge in [-0.15, -0.1) is 0 Å². The molecular formula is C23H36N4O. The highest BCUT2D eigenvalue weighted by atomic mass is 16.5. The molecular weight excluding hydrogens is 348 g/mol. The Morgan fingerprint density at radius 2 is 1.86 bits per heavy atom. The Balaban J connectivity index is 1.27. The van der Waals surface area contributed by atoms with Gasteiger partial charge in [-0.3, -0.25) is 9.89 Å². The normalized spacial score (nSPS) is 26.8. The zero-order chi connectivity index (χ0) is 19.2. The van der Waals surface area contributed by atoms with Crippen molar-refractivity contribution in [3.8, 4) is 0 Å². The van der Waals surface area contributed by atoms with Crippen LogP contribution in [0.1, 0.15) is 49.7 Å². The Labute approximate surface area is 169 Å². The topological polar surface area (TPSA) is 48.9 Å². The summed E-state index contributed by atoms with van der Waals surface area (Å²) in [6.45, 7) is 5.56. The van der Waals surface area contributed by atoms with Crippen LogP contribution in [-0.2, 0) is 17.8 Å². The number of benzene rings is 1. The lowest BCUT2D eigenvalue weighted by Gasteiger charge is -2.27. The van der Waals surface area contributed by atoms with Gasteiger partial charge in [-0.2, -0.15) is 0 Å². The van der Waals surface area contributed by atoms with Crippen LogP contribution in [0.5, 0.6) is 0 Å². The van der Waals surface area contributed by atoms with Crippen LogP contribution in [0.25, 0.3) is 0 Å². The molecule has 154 valence electrons. The minimum atomic E-state index is 0.623. The van der Waals surface area contributed by atoms with E-state index in [-0.39, 0.29) is 0 Å². The first-order valence-electron chi connectivity index (χ1n) is 11.2. The maximum Gasteiger partial charge on any atom is 0.191 e. The molecule has 2 N–H and O–H groups in total. The number of nitrogens with one attached hydrogen (secondary N) is 2. The molecule has 28 heavy (non-hydrogen) atoms. The van der Waals surface area contributed by atoms with Crippen LogP contribution in [0.3, 0.4) is 0 Å². The number of aliphatic imine (C=N–C) groups is 1. The third-order valence-electron chi connectivity index (χ3n) is 6.70. The van der Waals surface area contributed by atoms with Crippen LogP contribution in [0, 0.1) is 11.8 Å². The average molecular weight is 385 g/mol. The van der Waals surface area contributed by atoms with Crippen LogP contribution < -0.4 is 10.6 Å². The number of hydrogen-bond donors (Lipinski definition) is 2. The highest BCUT2D eigenvalue weighted by Crippen LogP contribution is 2.44. The van der Waals surface area contributed by atoms with E-state index in [4.69, 9.17) is 4.74 Å². The lowest BCUT2D eigenvalue weighted by Crippen LogP contribution is -2.39. The van der Waals surface area contributed by atoms with Crippen molar-refractivity contribution < 1.29 is 4.74 Å². The SMILES string of the molecule is CN=C(NCc1ccccc1CN1CCOCC1)NC1CC1C1CCCCC1. The summed E-state index contributed by atoms with van der Waals surface area (Å²) in [5, 5.41) is 7.22. The van der Waals surface area contributed by atoms with E-state index in [1.54, 1.807) is 0 Å². The summed E-state index contributed by atoms with van der Waals surface area (Å²) in [6, 6.07) is 9.39. The van der Waals surface area contributed by atoms with Gasteiger partial charge < -0.3 is 15.4 Å². The highest BCUT2D eigenvalue weighted by Gasteiger charge is 2.43. The maximum atomic E-state index is 5.48. The number of ether oxygens (including phenoxy) is 1. The maximum absolute atomic E-state index is 5.48. The first kappa shape index (κ1) is 19.7. The summed E-state index contributed by atoms with van der Waals surface area (Å²) in [5.74, 6) is 2.76. The van der Waals surface area contributed by atoms with Gasteiger partial charge in [0.1, 0.15) is 0 Å². The zero-order valence-electron chi connectivity index (χ0n) is 17.3. The molecule has 1 aromatic carbocycles. The fraction of sp³-hybridized carbons (Fsp3) is 0.696. The number of guanidine groups is 1. The smallest absolute Gasteiger partial charge is 0.191 e. The molecule has 1 heterocycles. The van der Waals surface area contributed by atoms with E-state index in [1.165, 1.54) is 49.7 Å². The van der Waals surface area contributed by atoms with E-state index >= 15 is 0 Å². The summed E-state index contributed by atoms with van der Waals surface area (Å²) in [7, 11) is 1.88. The summed E-state index contributed by atoms with van der Waals surface area (Å²) in [5.41, 5.74) is 2.76. The molecule has 2 atom stereocenters. The van der Waals surface area contributed by atoms with Gasteiger partial charge >= 0.3 is 0 Å². The molecule has 0 aromatic heterocycles. The second-order valence-electron chi connectivity index (χ2n) is 8.63. The summed E-state index contributed by atoms with van der Waals surface area (Å²) in [6.07, 6.45) is 8.49. The molecule has 2 unspecified atom stereocenters. The second-order valence-corrected chi connectivity index (χ2v) is 8.63. The zero-order valence-corrected chi connectivity index (χ0v) is 17.3. The van der Waals surface area contributed by atoms with Gasteiger partial charge in [-0.05, 0) is 29.4 Å². The highest BCUT2D eigenvalue weighted by molar-refractivity contribution is 5.80. The van der Waals surface area contributed by atoms with E-state index in [2.05, 4.69) is 44.8 Å². The van der Waals surface area contributed by atoms with Crippen LogP contribution in [-0.4, -0.2) is 50.3 Å². The summed E-state index contributed by atoms with van der Waals surface area (Å²) >= 11 is 0. The number of nitrogens with zero attached hydrogens (tertiary/aromatic N) is 2. The van der Waals surface area contributed by atoms with Crippen molar-refractivity contribution in [2.24, 2.45) is 16.8 Å². The van der Waals surface area contributed by atoms with Gasteiger partial charge in [0.15, 0.2) is 5.96 Å². The molecule has 1 saturated heterocycles. The summed E-state index contributed by atoms with van der Waals surface area (Å²) in [4.78, 5) is 6.96. The van der Waals surface area contributed by atoms with Crippen molar-refractivity contribution in [3.63, 3.8) is 0 Å². The number of morpholine rings is 1. The molecule has 2 aliphatic carbocycles. The van der Waals surface area contributed by atoms with Crippen LogP contribution >= 0.6 is 0 Å². The van der Waals surface area contributed by atoms with E-state index in [0.717, 1.165) is 57.2 Å². The molecule has 0 bridgehead atoms. The minimum absolute atomic E-state index is 0.623. The predicted octanol–water partition coefficient (Wildman–Crippen LogP) is 3.15. The fourth-order valence-electron chi connectivity index (χ4n) is 4.90. The van der Waals surface area contributed by atoms with Crippen LogP contribution in [0.15, 0.2) is 29.3 Å². The van der Waals surface area contributed by atoms with Gasteiger partial charge in [0, 0.05) is 39.3 Å². The van der Waals surface area contributed by atoms with E-state index in [0.29, 0.717) is 6.04 Å². The molecule has 3 fully saturated rings. The van der Waals surface area contributed by atoms with Crippen LogP contribution in [0.2, 0.25) is 0 Å². The van der Waals surface area contributed by atoms with Gasteiger partial charge in [-0.25, -0.2) is 0 Å². The molecule has 5 nitrogen and oxygen atoms in total. The van der Waals surface area contributed by atoms with E-state index < -0.39 is 0 Å². The third kappa shape index (κ3) is 5.26. The molecule has 3 aliphatic rings. The van der Waals surface area contributed by atoms with Gasteiger partial charge in [0.05, 0.1) is 13.2 Å². The first-order chi connectivity index (χ1) is 13.8.